The van der Waals surface area contributed by atoms with Gasteiger partial charge < -0.3 is 20.2 Å². The Labute approximate surface area is 174 Å². The highest BCUT2D eigenvalue weighted by Crippen LogP contribution is 2.20. The molecule has 1 heterocycles. The first-order valence-electron chi connectivity index (χ1n) is 7.88. The molecule has 0 aliphatic heterocycles. The van der Waals surface area contributed by atoms with E-state index in [1.807, 2.05) is 12.1 Å². The molecule has 1 unspecified atom stereocenters. The summed E-state index contributed by atoms with van der Waals surface area (Å²) in [6.45, 7) is 4.87. The fourth-order valence-electron chi connectivity index (χ4n) is 2.10. The van der Waals surface area contributed by atoms with Gasteiger partial charge in [0.2, 0.25) is 0 Å². The summed E-state index contributed by atoms with van der Waals surface area (Å²) < 4.78 is 18.8. The third-order valence-electron chi connectivity index (χ3n) is 3.41. The lowest BCUT2D eigenvalue weighted by molar-refractivity contribution is 0.186. The molecule has 3 N–H and O–H groups in total. The van der Waals surface area contributed by atoms with E-state index >= 15 is 0 Å². The molecule has 0 radical (unpaired) electrons. The van der Waals surface area contributed by atoms with Gasteiger partial charge in [-0.05, 0) is 29.8 Å². The van der Waals surface area contributed by atoms with Crippen LogP contribution in [0.2, 0.25) is 5.02 Å². The van der Waals surface area contributed by atoms with E-state index in [9.17, 15) is 9.50 Å². The first kappa shape index (κ1) is 22.5. The molecule has 0 bridgehead atoms. The van der Waals surface area contributed by atoms with Crippen LogP contribution in [0.25, 0.3) is 0 Å². The molecule has 1 atom stereocenters. The second kappa shape index (κ2) is 11.9. The molecule has 0 fully saturated rings. The molecule has 5 nitrogen and oxygen atoms in total. The van der Waals surface area contributed by atoms with E-state index in [1.165, 1.54) is 12.1 Å². The maximum Gasteiger partial charge on any atom is 0.191 e. The Balaban J connectivity index is 0.00000338. The first-order valence-corrected chi connectivity index (χ1v) is 8.26. The summed E-state index contributed by atoms with van der Waals surface area (Å²) in [5, 5.41) is 16.4. The number of hydrogen-bond acceptors (Lipinski definition) is 3. The number of halogens is 3. The monoisotopic (exact) mass is 493 g/mol. The van der Waals surface area contributed by atoms with E-state index in [-0.39, 0.29) is 35.5 Å². The van der Waals surface area contributed by atoms with Crippen molar-refractivity contribution in [2.45, 2.75) is 12.5 Å². The van der Waals surface area contributed by atoms with Gasteiger partial charge in [-0.25, -0.2) is 4.39 Å². The minimum absolute atomic E-state index is 0. The van der Waals surface area contributed by atoms with Crippen LogP contribution in [-0.2, 0) is 6.42 Å². The van der Waals surface area contributed by atoms with Crippen LogP contribution in [0.15, 0.2) is 58.7 Å². The van der Waals surface area contributed by atoms with Gasteiger partial charge in [-0.1, -0.05) is 23.7 Å². The Hall–Kier alpha value is -1.58. The van der Waals surface area contributed by atoms with Crippen LogP contribution >= 0.6 is 35.6 Å². The third kappa shape index (κ3) is 7.35. The zero-order valence-electron chi connectivity index (χ0n) is 14.1. The van der Waals surface area contributed by atoms with Crippen molar-refractivity contribution in [1.82, 2.24) is 10.6 Å². The molecule has 0 aliphatic carbocycles. The second-order valence-electron chi connectivity index (χ2n) is 5.30. The van der Waals surface area contributed by atoms with Crippen molar-refractivity contribution >= 4 is 41.5 Å². The number of nitrogens with zero attached hydrogens (tertiary/aromatic N) is 1. The number of hydrogen-bond donors (Lipinski definition) is 3. The van der Waals surface area contributed by atoms with Gasteiger partial charge >= 0.3 is 0 Å². The summed E-state index contributed by atoms with van der Waals surface area (Å²) in [5.74, 6) is 0.830. The van der Waals surface area contributed by atoms with Crippen LogP contribution in [0.4, 0.5) is 4.39 Å². The average Bonchev–Trinajstić information content (AvgIpc) is 3.12. The van der Waals surface area contributed by atoms with Crippen molar-refractivity contribution in [1.29, 1.82) is 0 Å². The number of benzene rings is 1. The van der Waals surface area contributed by atoms with Gasteiger partial charge in [0.1, 0.15) is 11.6 Å². The molecular formula is C18H22ClFIN3O2. The van der Waals surface area contributed by atoms with Crippen molar-refractivity contribution in [3.05, 3.63) is 71.4 Å². The van der Waals surface area contributed by atoms with Crippen LogP contribution in [0.1, 0.15) is 17.4 Å². The maximum atomic E-state index is 13.5. The van der Waals surface area contributed by atoms with E-state index in [1.54, 1.807) is 18.4 Å². The Bertz CT molecular complexity index is 710. The summed E-state index contributed by atoms with van der Waals surface area (Å²) in [4.78, 5) is 4.32. The van der Waals surface area contributed by atoms with Crippen molar-refractivity contribution in [3.63, 3.8) is 0 Å². The number of guanidine groups is 1. The van der Waals surface area contributed by atoms with Crippen molar-refractivity contribution in [2.75, 3.05) is 19.6 Å². The average molecular weight is 494 g/mol. The van der Waals surface area contributed by atoms with Crippen LogP contribution in [0.5, 0.6) is 0 Å². The van der Waals surface area contributed by atoms with Crippen LogP contribution in [0.3, 0.4) is 0 Å². The minimum atomic E-state index is -0.931. The Morgan fingerprint density at radius 3 is 2.85 bits per heavy atom. The smallest absolute Gasteiger partial charge is 0.191 e. The quantitative estimate of drug-likeness (QED) is 0.227. The van der Waals surface area contributed by atoms with E-state index in [0.29, 0.717) is 31.0 Å². The zero-order chi connectivity index (χ0) is 18.1. The van der Waals surface area contributed by atoms with Crippen LogP contribution < -0.4 is 10.6 Å². The largest absolute Gasteiger partial charge is 0.469 e. The predicted molar refractivity (Wildman–Crippen MR) is 113 cm³/mol. The lowest BCUT2D eigenvalue weighted by atomic mass is 10.1. The molecule has 8 heteroatoms. The number of rotatable bonds is 8. The molecule has 0 spiro atoms. The molecule has 2 aromatic rings. The fraction of sp³-hybridized carbons (Fsp3) is 0.278. The van der Waals surface area contributed by atoms with E-state index in [0.717, 1.165) is 5.76 Å². The fourth-order valence-corrected chi connectivity index (χ4v) is 2.22. The first-order chi connectivity index (χ1) is 12.1. The summed E-state index contributed by atoms with van der Waals surface area (Å²) in [6.07, 6.45) is 3.10. The Morgan fingerprint density at radius 2 is 2.19 bits per heavy atom. The SMILES string of the molecule is C=CCNC(=NCC(O)c1ccc(Cl)c(F)c1)NCCc1ccco1.I. The second-order valence-corrected chi connectivity index (χ2v) is 5.71. The molecule has 0 saturated heterocycles. The number of nitrogens with one attached hydrogen (secondary N) is 2. The lowest BCUT2D eigenvalue weighted by Crippen LogP contribution is -2.38. The predicted octanol–water partition coefficient (Wildman–Crippen LogP) is 3.69. The molecule has 2 rings (SSSR count). The van der Waals surface area contributed by atoms with Gasteiger partial charge in [0.05, 0.1) is 23.9 Å². The summed E-state index contributed by atoms with van der Waals surface area (Å²) in [5.41, 5.74) is 0.421. The van der Waals surface area contributed by atoms with Gasteiger partial charge in [-0.2, -0.15) is 0 Å². The van der Waals surface area contributed by atoms with Crippen molar-refractivity contribution in [2.24, 2.45) is 4.99 Å². The van der Waals surface area contributed by atoms with Crippen molar-refractivity contribution < 1.29 is 13.9 Å². The highest BCUT2D eigenvalue weighted by molar-refractivity contribution is 14.0. The Morgan fingerprint density at radius 1 is 1.38 bits per heavy atom. The maximum absolute atomic E-state index is 13.5. The van der Waals surface area contributed by atoms with Gasteiger partial charge in [0.25, 0.3) is 0 Å². The van der Waals surface area contributed by atoms with Crippen LogP contribution in [-0.4, -0.2) is 30.7 Å². The zero-order valence-corrected chi connectivity index (χ0v) is 17.2. The highest BCUT2D eigenvalue weighted by atomic mass is 127. The number of furan rings is 1. The summed E-state index contributed by atoms with van der Waals surface area (Å²) >= 11 is 5.65. The van der Waals surface area contributed by atoms with E-state index < -0.39 is 11.9 Å². The normalized spacial score (nSPS) is 12.2. The molecule has 0 saturated carbocycles. The molecule has 0 amide bonds. The van der Waals surface area contributed by atoms with Crippen molar-refractivity contribution in [3.8, 4) is 0 Å². The molecule has 1 aromatic heterocycles. The topological polar surface area (TPSA) is 69.8 Å². The molecule has 142 valence electrons. The number of aliphatic imine (C=N–C) groups is 1. The standard InChI is InChI=1S/C18H21ClFN3O2.HI/c1-2-8-21-18(22-9-7-14-4-3-10-25-14)23-12-17(24)13-5-6-15(19)16(20)11-13;/h2-6,10-11,17,24H,1,7-9,12H2,(H2,21,22,23);1H. The number of aliphatic hydroxyl groups is 1. The van der Waals surface area contributed by atoms with Gasteiger partial charge in [-0.3, -0.25) is 4.99 Å². The van der Waals surface area contributed by atoms with Crippen LogP contribution in [0, 0.1) is 5.82 Å². The van der Waals surface area contributed by atoms with Gasteiger partial charge in [0, 0.05) is 19.5 Å². The minimum Gasteiger partial charge on any atom is -0.469 e. The van der Waals surface area contributed by atoms with E-state index in [4.69, 9.17) is 16.0 Å². The summed E-state index contributed by atoms with van der Waals surface area (Å²) in [7, 11) is 0. The highest BCUT2D eigenvalue weighted by Gasteiger charge is 2.10. The number of aliphatic hydroxyl groups excluding tert-OH is 1. The lowest BCUT2D eigenvalue weighted by Gasteiger charge is -2.13. The van der Waals surface area contributed by atoms with E-state index in [2.05, 4.69) is 22.2 Å². The Kier molecular flexibility index (Phi) is 10.3. The molecular weight excluding hydrogens is 472 g/mol. The molecule has 26 heavy (non-hydrogen) atoms. The third-order valence-corrected chi connectivity index (χ3v) is 3.72. The summed E-state index contributed by atoms with van der Waals surface area (Å²) in [6, 6.07) is 7.94. The van der Waals surface area contributed by atoms with Gasteiger partial charge in [-0.15, -0.1) is 30.6 Å². The molecule has 0 aliphatic rings. The molecule has 1 aromatic carbocycles. The van der Waals surface area contributed by atoms with Gasteiger partial charge in [0.15, 0.2) is 5.96 Å².